The van der Waals surface area contributed by atoms with Crippen molar-refractivity contribution in [3.05, 3.63) is 0 Å². The van der Waals surface area contributed by atoms with Crippen molar-refractivity contribution in [3.8, 4) is 0 Å². The van der Waals surface area contributed by atoms with Crippen LogP contribution in [0.4, 0.5) is 0 Å². The second-order valence-corrected chi connectivity index (χ2v) is 6.44. The lowest BCUT2D eigenvalue weighted by molar-refractivity contribution is 0.203. The van der Waals surface area contributed by atoms with Gasteiger partial charge in [-0.1, -0.05) is 13.3 Å². The second kappa shape index (κ2) is 13.9. The predicted molar refractivity (Wildman–Crippen MR) is 107 cm³/mol. The Kier molecular flexibility index (Phi) is 14.1. The number of guanidine groups is 1. The molecule has 0 saturated carbocycles. The molecule has 0 aromatic carbocycles. The number of hydrogen-bond acceptors (Lipinski definition) is 3. The predicted octanol–water partition coefficient (Wildman–Crippen LogP) is 2.79. The first-order valence-corrected chi connectivity index (χ1v) is 9.38. The summed E-state index contributed by atoms with van der Waals surface area (Å²) in [5.41, 5.74) is 0. The number of piperidine rings is 1. The number of likely N-dealkylation sites (tertiary alicyclic amines) is 1. The molecule has 1 rings (SSSR count). The van der Waals surface area contributed by atoms with E-state index in [1.165, 1.54) is 57.5 Å². The highest BCUT2D eigenvalue weighted by Crippen LogP contribution is 2.10. The molecule has 1 fully saturated rings. The molecular formula is C15H33IN4S. The van der Waals surface area contributed by atoms with Crippen LogP contribution in [0.2, 0.25) is 0 Å². The average molecular weight is 428 g/mol. The van der Waals surface area contributed by atoms with Crippen molar-refractivity contribution >= 4 is 41.7 Å². The molecule has 1 aliphatic heterocycles. The van der Waals surface area contributed by atoms with E-state index in [9.17, 15) is 0 Å². The van der Waals surface area contributed by atoms with E-state index in [2.05, 4.69) is 33.7 Å². The van der Waals surface area contributed by atoms with E-state index < -0.39 is 0 Å². The van der Waals surface area contributed by atoms with Crippen molar-refractivity contribution in [2.24, 2.45) is 4.99 Å². The van der Waals surface area contributed by atoms with E-state index in [-0.39, 0.29) is 24.0 Å². The number of nitrogens with zero attached hydrogens (tertiary/aromatic N) is 2. The van der Waals surface area contributed by atoms with E-state index in [1.807, 2.05) is 18.8 Å². The number of unbranched alkanes of at least 4 members (excludes halogenated alkanes) is 1. The summed E-state index contributed by atoms with van der Waals surface area (Å²) < 4.78 is 0. The Bertz CT molecular complexity index is 268. The third kappa shape index (κ3) is 9.84. The van der Waals surface area contributed by atoms with Gasteiger partial charge in [0, 0.05) is 32.7 Å². The average Bonchev–Trinajstić information content (AvgIpc) is 2.49. The molecule has 1 aliphatic rings. The minimum Gasteiger partial charge on any atom is -0.356 e. The summed E-state index contributed by atoms with van der Waals surface area (Å²) >= 11 is 1.90. The van der Waals surface area contributed by atoms with Crippen molar-refractivity contribution in [1.29, 1.82) is 0 Å². The van der Waals surface area contributed by atoms with Gasteiger partial charge in [0.1, 0.15) is 0 Å². The molecule has 0 radical (unpaired) electrons. The summed E-state index contributed by atoms with van der Waals surface area (Å²) in [5.74, 6) is 2.18. The Morgan fingerprint density at radius 2 is 2.00 bits per heavy atom. The number of halogens is 1. The highest BCUT2D eigenvalue weighted by atomic mass is 127. The minimum absolute atomic E-state index is 0. The lowest BCUT2D eigenvalue weighted by atomic mass is 10.0. The minimum atomic E-state index is 0. The van der Waals surface area contributed by atoms with Gasteiger partial charge in [-0.25, -0.2) is 0 Å². The van der Waals surface area contributed by atoms with Gasteiger partial charge in [0.2, 0.25) is 0 Å². The zero-order chi connectivity index (χ0) is 14.6. The third-order valence-corrected chi connectivity index (χ3v) is 4.49. The van der Waals surface area contributed by atoms with E-state index in [4.69, 9.17) is 0 Å². The zero-order valence-electron chi connectivity index (χ0n) is 13.9. The normalized spacial score (nSPS) is 17.4. The second-order valence-electron chi connectivity index (χ2n) is 5.46. The summed E-state index contributed by atoms with van der Waals surface area (Å²) in [6.07, 6.45) is 8.43. The number of rotatable bonds is 8. The quantitative estimate of drug-likeness (QED) is 0.270. The van der Waals surface area contributed by atoms with E-state index in [1.54, 1.807) is 0 Å². The van der Waals surface area contributed by atoms with Crippen LogP contribution in [0, 0.1) is 0 Å². The molecule has 0 aromatic rings. The molecule has 0 amide bonds. The van der Waals surface area contributed by atoms with E-state index >= 15 is 0 Å². The van der Waals surface area contributed by atoms with Gasteiger partial charge in [-0.2, -0.15) is 11.8 Å². The van der Waals surface area contributed by atoms with Gasteiger partial charge in [-0.15, -0.1) is 24.0 Å². The lowest BCUT2D eigenvalue weighted by Gasteiger charge is -2.33. The van der Waals surface area contributed by atoms with E-state index in [0.29, 0.717) is 6.04 Å². The standard InChI is InChI=1S/C15H32N4S.HI/c1-4-5-10-19-11-7-14(8-12-19)18-15(16-2)17-9-6-13-20-3;/h14H,4-13H2,1-3H3,(H2,16,17,18);1H. The molecule has 1 heterocycles. The number of hydrogen-bond donors (Lipinski definition) is 2. The van der Waals surface area contributed by atoms with Gasteiger partial charge >= 0.3 is 0 Å². The Hall–Kier alpha value is 0.310. The van der Waals surface area contributed by atoms with E-state index in [0.717, 1.165) is 12.5 Å². The summed E-state index contributed by atoms with van der Waals surface area (Å²) in [6.45, 7) is 6.99. The van der Waals surface area contributed by atoms with Crippen molar-refractivity contribution in [2.75, 3.05) is 45.2 Å². The first-order valence-electron chi connectivity index (χ1n) is 7.98. The fourth-order valence-corrected chi connectivity index (χ4v) is 2.93. The maximum absolute atomic E-state index is 4.32. The van der Waals surface area contributed by atoms with Crippen LogP contribution in [-0.2, 0) is 0 Å². The molecule has 6 heteroatoms. The molecule has 126 valence electrons. The first kappa shape index (κ1) is 21.3. The summed E-state index contributed by atoms with van der Waals surface area (Å²) in [7, 11) is 1.86. The smallest absolute Gasteiger partial charge is 0.191 e. The topological polar surface area (TPSA) is 39.7 Å². The summed E-state index contributed by atoms with van der Waals surface area (Å²) in [5, 5.41) is 6.97. The maximum atomic E-state index is 4.32. The van der Waals surface area contributed by atoms with Crippen LogP contribution in [0.3, 0.4) is 0 Å². The van der Waals surface area contributed by atoms with Crippen molar-refractivity contribution in [3.63, 3.8) is 0 Å². The van der Waals surface area contributed by atoms with Crippen LogP contribution in [-0.4, -0.2) is 62.1 Å². The van der Waals surface area contributed by atoms with Crippen LogP contribution < -0.4 is 10.6 Å². The monoisotopic (exact) mass is 428 g/mol. The van der Waals surface area contributed by atoms with Crippen LogP contribution in [0.5, 0.6) is 0 Å². The zero-order valence-corrected chi connectivity index (χ0v) is 17.0. The van der Waals surface area contributed by atoms with Crippen LogP contribution in [0.25, 0.3) is 0 Å². The van der Waals surface area contributed by atoms with Crippen LogP contribution in [0.1, 0.15) is 39.0 Å². The molecule has 0 unspecified atom stereocenters. The highest BCUT2D eigenvalue weighted by Gasteiger charge is 2.19. The van der Waals surface area contributed by atoms with Crippen LogP contribution in [0.15, 0.2) is 4.99 Å². The van der Waals surface area contributed by atoms with Gasteiger partial charge in [0.15, 0.2) is 5.96 Å². The molecule has 4 nitrogen and oxygen atoms in total. The SMILES string of the molecule is CCCCN1CCC(NC(=NC)NCCCSC)CC1.I. The first-order chi connectivity index (χ1) is 9.80. The molecule has 0 aliphatic carbocycles. The Labute approximate surface area is 152 Å². The fourth-order valence-electron chi connectivity index (χ4n) is 2.49. The maximum Gasteiger partial charge on any atom is 0.191 e. The summed E-state index contributed by atoms with van der Waals surface area (Å²) in [6, 6.07) is 0.583. The van der Waals surface area contributed by atoms with Crippen molar-refractivity contribution in [1.82, 2.24) is 15.5 Å². The molecule has 0 aromatic heterocycles. The molecule has 0 atom stereocenters. The molecule has 21 heavy (non-hydrogen) atoms. The van der Waals surface area contributed by atoms with Gasteiger partial charge in [-0.05, 0) is 44.2 Å². The number of aliphatic imine (C=N–C) groups is 1. The molecule has 2 N–H and O–H groups in total. The number of nitrogens with one attached hydrogen (secondary N) is 2. The van der Waals surface area contributed by atoms with Crippen molar-refractivity contribution < 1.29 is 0 Å². The van der Waals surface area contributed by atoms with Gasteiger partial charge in [0.25, 0.3) is 0 Å². The fraction of sp³-hybridized carbons (Fsp3) is 0.933. The lowest BCUT2D eigenvalue weighted by Crippen LogP contribution is -2.48. The van der Waals surface area contributed by atoms with Gasteiger partial charge in [0.05, 0.1) is 0 Å². The molecule has 0 bridgehead atoms. The molecular weight excluding hydrogens is 395 g/mol. The Morgan fingerprint density at radius 3 is 2.57 bits per heavy atom. The van der Waals surface area contributed by atoms with Crippen molar-refractivity contribution in [2.45, 2.75) is 45.1 Å². The third-order valence-electron chi connectivity index (χ3n) is 3.80. The van der Waals surface area contributed by atoms with Crippen LogP contribution >= 0.6 is 35.7 Å². The highest BCUT2D eigenvalue weighted by molar-refractivity contribution is 14.0. The Morgan fingerprint density at radius 1 is 1.29 bits per heavy atom. The van der Waals surface area contributed by atoms with Gasteiger partial charge < -0.3 is 15.5 Å². The summed E-state index contributed by atoms with van der Waals surface area (Å²) in [4.78, 5) is 6.92. The Balaban J connectivity index is 0.00000400. The number of thioether (sulfide) groups is 1. The molecule has 0 spiro atoms. The largest absolute Gasteiger partial charge is 0.356 e. The molecule has 1 saturated heterocycles. The van der Waals surface area contributed by atoms with Gasteiger partial charge in [-0.3, -0.25) is 4.99 Å².